The van der Waals surface area contributed by atoms with E-state index in [1.807, 2.05) is 18.2 Å². The average Bonchev–Trinajstić information content (AvgIpc) is 2.69. The summed E-state index contributed by atoms with van der Waals surface area (Å²) in [6.07, 6.45) is 1.13. The highest BCUT2D eigenvalue weighted by Crippen LogP contribution is 2.26. The molecule has 0 aliphatic carbocycles. The number of aliphatic imine (C=N–C) groups is 1. The highest BCUT2D eigenvalue weighted by Gasteiger charge is 2.25. The standard InChI is InChI=1S/C22H30N4O3S/c1-16-9-10-19(17(2)13-16)21-15-26(11-12-29-21)22(23-3)24-14-18-7-5-6-8-20(18)25-30(4,27)28/h5-10,13,21,25H,11-12,14-15H2,1-4H3,(H,23,24). The van der Waals surface area contributed by atoms with Gasteiger partial charge in [-0.2, -0.15) is 0 Å². The van der Waals surface area contributed by atoms with Crippen LogP contribution in [-0.2, 0) is 21.3 Å². The normalized spacial score (nSPS) is 17.7. The molecule has 1 unspecified atom stereocenters. The molecule has 1 atom stereocenters. The molecule has 2 N–H and O–H groups in total. The van der Waals surface area contributed by atoms with Gasteiger partial charge < -0.3 is 15.0 Å². The summed E-state index contributed by atoms with van der Waals surface area (Å²) < 4.78 is 31.9. The molecule has 0 radical (unpaired) electrons. The monoisotopic (exact) mass is 430 g/mol. The highest BCUT2D eigenvalue weighted by molar-refractivity contribution is 7.92. The number of sulfonamides is 1. The average molecular weight is 431 g/mol. The number of nitrogens with one attached hydrogen (secondary N) is 2. The van der Waals surface area contributed by atoms with Crippen LogP contribution in [0.5, 0.6) is 0 Å². The van der Waals surface area contributed by atoms with E-state index in [0.29, 0.717) is 25.4 Å². The van der Waals surface area contributed by atoms with Crippen LogP contribution in [0.1, 0.15) is 28.4 Å². The summed E-state index contributed by atoms with van der Waals surface area (Å²) in [5.41, 5.74) is 5.08. The molecule has 30 heavy (non-hydrogen) atoms. The maximum atomic E-state index is 11.6. The second-order valence-corrected chi connectivity index (χ2v) is 9.35. The number of aryl methyl sites for hydroxylation is 2. The molecule has 2 aromatic carbocycles. The van der Waals surface area contributed by atoms with E-state index in [1.165, 1.54) is 16.7 Å². The van der Waals surface area contributed by atoms with Crippen LogP contribution >= 0.6 is 0 Å². The molecule has 1 fully saturated rings. The zero-order valence-corrected chi connectivity index (χ0v) is 18.8. The van der Waals surface area contributed by atoms with E-state index in [2.05, 4.69) is 52.0 Å². The lowest BCUT2D eigenvalue weighted by atomic mass is 10.00. The van der Waals surface area contributed by atoms with Crippen LogP contribution in [0.15, 0.2) is 47.5 Å². The predicted octanol–water partition coefficient (Wildman–Crippen LogP) is 2.82. The van der Waals surface area contributed by atoms with Gasteiger partial charge in [-0.3, -0.25) is 9.71 Å². The molecule has 0 saturated carbocycles. The van der Waals surface area contributed by atoms with Gasteiger partial charge in [0.15, 0.2) is 5.96 Å². The van der Waals surface area contributed by atoms with Crippen LogP contribution in [0.25, 0.3) is 0 Å². The highest BCUT2D eigenvalue weighted by atomic mass is 32.2. The number of hydrogen-bond acceptors (Lipinski definition) is 4. The summed E-state index contributed by atoms with van der Waals surface area (Å²) in [6, 6.07) is 13.8. The molecule has 1 aliphatic heterocycles. The lowest BCUT2D eigenvalue weighted by Gasteiger charge is -2.36. The van der Waals surface area contributed by atoms with Gasteiger partial charge in [0.2, 0.25) is 10.0 Å². The van der Waals surface area contributed by atoms with E-state index in [1.54, 1.807) is 13.1 Å². The molecule has 0 bridgehead atoms. The van der Waals surface area contributed by atoms with E-state index in [-0.39, 0.29) is 6.10 Å². The molecule has 3 rings (SSSR count). The minimum atomic E-state index is -3.34. The van der Waals surface area contributed by atoms with Gasteiger partial charge in [0.25, 0.3) is 0 Å². The van der Waals surface area contributed by atoms with E-state index < -0.39 is 10.0 Å². The van der Waals surface area contributed by atoms with Gasteiger partial charge in [0.05, 0.1) is 25.1 Å². The van der Waals surface area contributed by atoms with Gasteiger partial charge in [-0.1, -0.05) is 42.0 Å². The number of hydrogen-bond donors (Lipinski definition) is 2. The maximum absolute atomic E-state index is 11.6. The molecule has 1 heterocycles. The topological polar surface area (TPSA) is 83.0 Å². The largest absolute Gasteiger partial charge is 0.370 e. The summed E-state index contributed by atoms with van der Waals surface area (Å²) in [6.45, 7) is 6.72. The number of para-hydroxylation sites is 1. The Morgan fingerprint density at radius 2 is 2.00 bits per heavy atom. The molecule has 1 saturated heterocycles. The third kappa shape index (κ3) is 5.73. The Morgan fingerprint density at radius 3 is 2.70 bits per heavy atom. The van der Waals surface area contributed by atoms with Gasteiger partial charge in [-0.05, 0) is 36.6 Å². The third-order valence-electron chi connectivity index (χ3n) is 5.10. The number of anilines is 1. The van der Waals surface area contributed by atoms with Crippen molar-refractivity contribution in [3.63, 3.8) is 0 Å². The molecule has 0 spiro atoms. The third-order valence-corrected chi connectivity index (χ3v) is 5.69. The van der Waals surface area contributed by atoms with Crippen LogP contribution in [0.3, 0.4) is 0 Å². The second kappa shape index (κ2) is 9.49. The van der Waals surface area contributed by atoms with Crippen molar-refractivity contribution in [2.24, 2.45) is 4.99 Å². The number of guanidine groups is 1. The van der Waals surface area contributed by atoms with Gasteiger partial charge in [-0.15, -0.1) is 0 Å². The van der Waals surface area contributed by atoms with Crippen molar-refractivity contribution in [1.82, 2.24) is 10.2 Å². The molecular formula is C22H30N4O3S. The first-order valence-corrected chi connectivity index (χ1v) is 11.9. The Hall–Kier alpha value is -2.58. The molecule has 1 aliphatic rings. The van der Waals surface area contributed by atoms with Crippen molar-refractivity contribution in [3.05, 3.63) is 64.7 Å². The van der Waals surface area contributed by atoms with Crippen LogP contribution < -0.4 is 10.0 Å². The number of rotatable bonds is 5. The second-order valence-electron chi connectivity index (χ2n) is 7.60. The fraction of sp³-hybridized carbons (Fsp3) is 0.409. The SMILES string of the molecule is CN=C(NCc1ccccc1NS(C)(=O)=O)N1CCOC(c2ccc(C)cc2C)C1. The number of morpholine rings is 1. The Balaban J connectivity index is 1.70. The van der Waals surface area contributed by atoms with Crippen LogP contribution in [-0.4, -0.2) is 52.3 Å². The Labute approximate surface area is 179 Å². The number of ether oxygens (including phenoxy) is 1. The first kappa shape index (κ1) is 22.1. The van der Waals surface area contributed by atoms with Crippen molar-refractivity contribution in [3.8, 4) is 0 Å². The van der Waals surface area contributed by atoms with Crippen molar-refractivity contribution in [2.45, 2.75) is 26.5 Å². The van der Waals surface area contributed by atoms with E-state index in [9.17, 15) is 8.42 Å². The lowest BCUT2D eigenvalue weighted by molar-refractivity contribution is -0.00834. The summed E-state index contributed by atoms with van der Waals surface area (Å²) in [4.78, 5) is 6.61. The van der Waals surface area contributed by atoms with Crippen LogP contribution in [0.4, 0.5) is 5.69 Å². The number of nitrogens with zero attached hydrogens (tertiary/aromatic N) is 2. The van der Waals surface area contributed by atoms with Gasteiger partial charge in [0.1, 0.15) is 6.10 Å². The summed E-state index contributed by atoms with van der Waals surface area (Å²) in [5.74, 6) is 0.766. The fourth-order valence-electron chi connectivity index (χ4n) is 3.70. The Bertz CT molecular complexity index is 1020. The Kier molecular flexibility index (Phi) is 6.99. The molecule has 2 aromatic rings. The summed E-state index contributed by atoms with van der Waals surface area (Å²) >= 11 is 0. The van der Waals surface area contributed by atoms with Gasteiger partial charge >= 0.3 is 0 Å². The van der Waals surface area contributed by atoms with Crippen molar-refractivity contribution < 1.29 is 13.2 Å². The first-order valence-electron chi connectivity index (χ1n) is 9.97. The minimum Gasteiger partial charge on any atom is -0.370 e. The predicted molar refractivity (Wildman–Crippen MR) is 121 cm³/mol. The van der Waals surface area contributed by atoms with E-state index >= 15 is 0 Å². The van der Waals surface area contributed by atoms with Crippen LogP contribution in [0, 0.1) is 13.8 Å². The quantitative estimate of drug-likeness (QED) is 0.563. The summed E-state index contributed by atoms with van der Waals surface area (Å²) in [7, 11) is -1.59. The maximum Gasteiger partial charge on any atom is 0.229 e. The van der Waals surface area contributed by atoms with Crippen LogP contribution in [0.2, 0.25) is 0 Å². The molecule has 7 nitrogen and oxygen atoms in total. The lowest BCUT2D eigenvalue weighted by Crippen LogP contribution is -2.48. The minimum absolute atomic E-state index is 0.0166. The zero-order valence-electron chi connectivity index (χ0n) is 18.0. The first-order chi connectivity index (χ1) is 14.3. The summed E-state index contributed by atoms with van der Waals surface area (Å²) in [5, 5.41) is 3.36. The fourth-order valence-corrected chi connectivity index (χ4v) is 4.30. The molecule has 8 heteroatoms. The van der Waals surface area contributed by atoms with Gasteiger partial charge in [-0.25, -0.2) is 8.42 Å². The van der Waals surface area contributed by atoms with E-state index in [0.717, 1.165) is 24.3 Å². The zero-order chi connectivity index (χ0) is 21.7. The Morgan fingerprint density at radius 1 is 1.23 bits per heavy atom. The molecule has 0 aromatic heterocycles. The smallest absolute Gasteiger partial charge is 0.229 e. The van der Waals surface area contributed by atoms with E-state index in [4.69, 9.17) is 4.74 Å². The molecule has 0 amide bonds. The molecule has 162 valence electrons. The van der Waals surface area contributed by atoms with Gasteiger partial charge in [0, 0.05) is 20.1 Å². The van der Waals surface area contributed by atoms with Crippen molar-refractivity contribution >= 4 is 21.7 Å². The van der Waals surface area contributed by atoms with Crippen molar-refractivity contribution in [2.75, 3.05) is 37.7 Å². The number of benzene rings is 2. The van der Waals surface area contributed by atoms with Crippen molar-refractivity contribution in [1.29, 1.82) is 0 Å². The molecular weight excluding hydrogens is 400 g/mol.